The average molecular weight is 346 g/mol. The van der Waals surface area contributed by atoms with Crippen LogP contribution in [0.1, 0.15) is 49.0 Å². The summed E-state index contributed by atoms with van der Waals surface area (Å²) < 4.78 is 4.97. The van der Waals surface area contributed by atoms with Gasteiger partial charge in [0.25, 0.3) is 5.91 Å². The van der Waals surface area contributed by atoms with E-state index in [0.717, 1.165) is 18.7 Å². The molecule has 1 aromatic carbocycles. The molecular formula is C20H30N2O3. The summed E-state index contributed by atoms with van der Waals surface area (Å²) in [6.45, 7) is 8.49. The van der Waals surface area contributed by atoms with Gasteiger partial charge in [0.05, 0.1) is 0 Å². The van der Waals surface area contributed by atoms with E-state index in [4.69, 9.17) is 4.74 Å². The van der Waals surface area contributed by atoms with E-state index in [-0.39, 0.29) is 11.8 Å². The van der Waals surface area contributed by atoms with E-state index in [0.29, 0.717) is 42.5 Å². The standard InChI is InChI=1S/C20H30N2O3/c1-14-10-15(2)13-22(12-14)20(24)17-8-7-16(3)18(11-17)21-19(23)6-5-9-25-4/h7-8,11,14-15H,5-6,9-10,12-13H2,1-4H3,(H,21,23)/t14-,15-/m0/s1. The topological polar surface area (TPSA) is 58.6 Å². The monoisotopic (exact) mass is 346 g/mol. The van der Waals surface area contributed by atoms with Gasteiger partial charge >= 0.3 is 0 Å². The first-order valence-electron chi connectivity index (χ1n) is 9.09. The molecule has 0 bridgehead atoms. The van der Waals surface area contributed by atoms with Gasteiger partial charge in [-0.1, -0.05) is 19.9 Å². The molecule has 1 fully saturated rings. The molecule has 138 valence electrons. The fraction of sp³-hybridized carbons (Fsp3) is 0.600. The SMILES string of the molecule is COCCCC(=O)Nc1cc(C(=O)N2C[C@@H](C)C[C@H](C)C2)ccc1C. The van der Waals surface area contributed by atoms with Crippen molar-refractivity contribution in [1.29, 1.82) is 0 Å². The fourth-order valence-corrected chi connectivity index (χ4v) is 3.49. The van der Waals surface area contributed by atoms with Crippen LogP contribution in [0.4, 0.5) is 5.69 Å². The summed E-state index contributed by atoms with van der Waals surface area (Å²) in [5, 5.41) is 2.92. The highest BCUT2D eigenvalue weighted by Crippen LogP contribution is 2.24. The Hall–Kier alpha value is -1.88. The highest BCUT2D eigenvalue weighted by Gasteiger charge is 2.26. The molecule has 1 aliphatic heterocycles. The second-order valence-electron chi connectivity index (χ2n) is 7.33. The Balaban J connectivity index is 2.07. The van der Waals surface area contributed by atoms with Crippen LogP contribution in [0.2, 0.25) is 0 Å². The molecule has 5 heteroatoms. The first kappa shape index (κ1) is 19.4. The summed E-state index contributed by atoms with van der Waals surface area (Å²) in [5.74, 6) is 1.05. The number of carbonyl (C=O) groups is 2. The fourth-order valence-electron chi connectivity index (χ4n) is 3.49. The van der Waals surface area contributed by atoms with Crippen LogP contribution in [-0.2, 0) is 9.53 Å². The van der Waals surface area contributed by atoms with Crippen LogP contribution in [0, 0.1) is 18.8 Å². The van der Waals surface area contributed by atoms with Crippen LogP contribution in [0.3, 0.4) is 0 Å². The molecule has 2 atom stereocenters. The molecule has 0 aliphatic carbocycles. The van der Waals surface area contributed by atoms with Crippen LogP contribution in [-0.4, -0.2) is 43.5 Å². The maximum absolute atomic E-state index is 12.8. The van der Waals surface area contributed by atoms with Crippen molar-refractivity contribution in [1.82, 2.24) is 4.90 Å². The third kappa shape index (κ3) is 5.56. The van der Waals surface area contributed by atoms with Crippen LogP contribution in [0.15, 0.2) is 18.2 Å². The Morgan fingerprint density at radius 1 is 1.24 bits per heavy atom. The van der Waals surface area contributed by atoms with Gasteiger partial charge < -0.3 is 15.0 Å². The molecular weight excluding hydrogens is 316 g/mol. The van der Waals surface area contributed by atoms with Gasteiger partial charge in [-0.25, -0.2) is 0 Å². The quantitative estimate of drug-likeness (QED) is 0.802. The second kappa shape index (κ2) is 8.99. The van der Waals surface area contributed by atoms with Crippen LogP contribution < -0.4 is 5.32 Å². The maximum Gasteiger partial charge on any atom is 0.253 e. The molecule has 1 saturated heterocycles. The first-order chi connectivity index (χ1) is 11.9. The van der Waals surface area contributed by atoms with Gasteiger partial charge in [-0.05, 0) is 49.3 Å². The lowest BCUT2D eigenvalue weighted by atomic mass is 9.91. The lowest BCUT2D eigenvalue weighted by Crippen LogP contribution is -2.42. The highest BCUT2D eigenvalue weighted by molar-refractivity contribution is 5.97. The molecule has 1 aliphatic rings. The highest BCUT2D eigenvalue weighted by atomic mass is 16.5. The number of nitrogens with one attached hydrogen (secondary N) is 1. The molecule has 2 rings (SSSR count). The smallest absolute Gasteiger partial charge is 0.253 e. The lowest BCUT2D eigenvalue weighted by Gasteiger charge is -2.35. The summed E-state index contributed by atoms with van der Waals surface area (Å²) in [4.78, 5) is 26.8. The normalized spacial score (nSPS) is 20.4. The zero-order valence-corrected chi connectivity index (χ0v) is 15.8. The number of hydrogen-bond acceptors (Lipinski definition) is 3. The Morgan fingerprint density at radius 3 is 2.56 bits per heavy atom. The molecule has 1 heterocycles. The summed E-state index contributed by atoms with van der Waals surface area (Å²) in [5.41, 5.74) is 2.31. The van der Waals surface area contributed by atoms with Crippen molar-refractivity contribution in [2.24, 2.45) is 11.8 Å². The molecule has 0 radical (unpaired) electrons. The third-order valence-corrected chi connectivity index (χ3v) is 4.67. The Kier molecular flexibility index (Phi) is 7.00. The predicted molar refractivity (Wildman–Crippen MR) is 99.8 cm³/mol. The summed E-state index contributed by atoms with van der Waals surface area (Å²) >= 11 is 0. The second-order valence-corrected chi connectivity index (χ2v) is 7.33. The molecule has 0 aromatic heterocycles. The van der Waals surface area contributed by atoms with Crippen molar-refractivity contribution in [2.75, 3.05) is 32.1 Å². The van der Waals surface area contributed by atoms with E-state index in [1.807, 2.05) is 24.0 Å². The summed E-state index contributed by atoms with van der Waals surface area (Å²) in [7, 11) is 1.62. The molecule has 1 aromatic rings. The zero-order valence-electron chi connectivity index (χ0n) is 15.8. The average Bonchev–Trinajstić information content (AvgIpc) is 2.55. The number of benzene rings is 1. The van der Waals surface area contributed by atoms with Gasteiger partial charge in [-0.15, -0.1) is 0 Å². The molecule has 25 heavy (non-hydrogen) atoms. The Labute approximate surface area is 150 Å². The number of rotatable bonds is 6. The molecule has 0 unspecified atom stereocenters. The van der Waals surface area contributed by atoms with Crippen molar-refractivity contribution in [3.05, 3.63) is 29.3 Å². The van der Waals surface area contributed by atoms with Crippen LogP contribution in [0.5, 0.6) is 0 Å². The number of methoxy groups -OCH3 is 1. The van der Waals surface area contributed by atoms with E-state index in [2.05, 4.69) is 19.2 Å². The Morgan fingerprint density at radius 2 is 1.92 bits per heavy atom. The minimum Gasteiger partial charge on any atom is -0.385 e. The van der Waals surface area contributed by atoms with Gasteiger partial charge in [0.1, 0.15) is 0 Å². The zero-order chi connectivity index (χ0) is 18.4. The number of hydrogen-bond donors (Lipinski definition) is 1. The van der Waals surface area contributed by atoms with E-state index in [1.165, 1.54) is 6.42 Å². The van der Waals surface area contributed by atoms with E-state index in [1.54, 1.807) is 13.2 Å². The lowest BCUT2D eigenvalue weighted by molar-refractivity contribution is -0.116. The summed E-state index contributed by atoms with van der Waals surface area (Å²) in [6.07, 6.45) is 2.26. The predicted octanol–water partition coefficient (Wildman–Crippen LogP) is 3.48. The number of nitrogens with zero attached hydrogens (tertiary/aromatic N) is 1. The minimum absolute atomic E-state index is 0.0493. The maximum atomic E-state index is 12.8. The first-order valence-corrected chi connectivity index (χ1v) is 9.09. The summed E-state index contributed by atoms with van der Waals surface area (Å²) in [6, 6.07) is 5.55. The van der Waals surface area contributed by atoms with Gasteiger partial charge in [0, 0.05) is 44.5 Å². The van der Waals surface area contributed by atoms with E-state index < -0.39 is 0 Å². The number of aryl methyl sites for hydroxylation is 1. The number of anilines is 1. The number of piperidine rings is 1. The Bertz CT molecular complexity index is 605. The number of likely N-dealkylation sites (tertiary alicyclic amines) is 1. The van der Waals surface area contributed by atoms with Crippen molar-refractivity contribution in [3.8, 4) is 0 Å². The van der Waals surface area contributed by atoms with Crippen molar-refractivity contribution in [3.63, 3.8) is 0 Å². The van der Waals surface area contributed by atoms with Crippen LogP contribution in [0.25, 0.3) is 0 Å². The van der Waals surface area contributed by atoms with Gasteiger partial charge in [0.2, 0.25) is 5.91 Å². The molecule has 2 amide bonds. The molecule has 1 N–H and O–H groups in total. The van der Waals surface area contributed by atoms with Gasteiger partial charge in [-0.2, -0.15) is 0 Å². The van der Waals surface area contributed by atoms with Gasteiger partial charge in [-0.3, -0.25) is 9.59 Å². The van der Waals surface area contributed by atoms with E-state index >= 15 is 0 Å². The third-order valence-electron chi connectivity index (χ3n) is 4.67. The van der Waals surface area contributed by atoms with E-state index in [9.17, 15) is 9.59 Å². The number of carbonyl (C=O) groups excluding carboxylic acids is 2. The van der Waals surface area contributed by atoms with Crippen molar-refractivity contribution < 1.29 is 14.3 Å². The van der Waals surface area contributed by atoms with Gasteiger partial charge in [0.15, 0.2) is 0 Å². The minimum atomic E-state index is -0.0510. The molecule has 0 spiro atoms. The molecule has 0 saturated carbocycles. The van der Waals surface area contributed by atoms with Crippen LogP contribution >= 0.6 is 0 Å². The van der Waals surface area contributed by atoms with Crippen molar-refractivity contribution >= 4 is 17.5 Å². The molecule has 5 nitrogen and oxygen atoms in total. The number of amides is 2. The number of ether oxygens (including phenoxy) is 1. The van der Waals surface area contributed by atoms with Crippen molar-refractivity contribution in [2.45, 2.75) is 40.0 Å². The largest absolute Gasteiger partial charge is 0.385 e.